The number of benzene rings is 1. The quantitative estimate of drug-likeness (QED) is 0.845. The summed E-state index contributed by atoms with van der Waals surface area (Å²) in [7, 11) is -1.58. The maximum atomic E-state index is 12.5. The lowest BCUT2D eigenvalue weighted by atomic mass is 10.1. The first kappa shape index (κ1) is 17.6. The van der Waals surface area contributed by atoms with Gasteiger partial charge in [-0.3, -0.25) is 0 Å². The number of rotatable bonds is 7. The third-order valence-electron chi connectivity index (χ3n) is 3.66. The first-order valence-electron chi connectivity index (χ1n) is 7.68. The van der Waals surface area contributed by atoms with Crippen molar-refractivity contribution < 1.29 is 13.2 Å². The van der Waals surface area contributed by atoms with E-state index in [1.807, 2.05) is 43.9 Å². The van der Waals surface area contributed by atoms with Crippen LogP contribution in [-0.2, 0) is 23.5 Å². The van der Waals surface area contributed by atoms with Gasteiger partial charge in [0.05, 0.1) is 11.5 Å². The molecule has 0 fully saturated rings. The first-order valence-corrected chi connectivity index (χ1v) is 9.16. The Morgan fingerprint density at radius 3 is 2.57 bits per heavy atom. The fourth-order valence-corrected chi connectivity index (χ4v) is 3.82. The lowest BCUT2D eigenvalue weighted by Crippen LogP contribution is -2.26. The van der Waals surface area contributed by atoms with Crippen LogP contribution in [0, 0.1) is 13.8 Å². The molecule has 0 saturated carbocycles. The molecule has 2 rings (SSSR count). The molecule has 1 heterocycles. The summed E-state index contributed by atoms with van der Waals surface area (Å²) < 4.78 is 35.2. The molecule has 0 radical (unpaired) electrons. The number of hydrogen-bond donors (Lipinski definition) is 1. The molecule has 6 heteroatoms. The second-order valence-corrected chi connectivity index (χ2v) is 7.38. The smallest absolute Gasteiger partial charge is 0.240 e. The van der Waals surface area contributed by atoms with Crippen LogP contribution in [0.25, 0.3) is 0 Å². The predicted molar refractivity (Wildman–Crippen MR) is 91.4 cm³/mol. The molecule has 0 saturated heterocycles. The minimum Gasteiger partial charge on any atom is -0.494 e. The Bertz CT molecular complexity index is 779. The summed E-state index contributed by atoms with van der Waals surface area (Å²) in [5.41, 5.74) is 2.61. The Morgan fingerprint density at radius 2 is 1.96 bits per heavy atom. The molecule has 1 N–H and O–H groups in total. The average molecular weight is 336 g/mol. The lowest BCUT2D eigenvalue weighted by Gasteiger charge is -2.13. The van der Waals surface area contributed by atoms with Gasteiger partial charge in [0.1, 0.15) is 5.75 Å². The fourth-order valence-electron chi connectivity index (χ4n) is 2.48. The van der Waals surface area contributed by atoms with Crippen LogP contribution in [0.4, 0.5) is 0 Å². The standard InChI is InChI=1S/C17H24N2O3S/c1-5-22-16-10-14(3)17(11-13(16)2)23(20,21)18-8-6-15-7-9-19(4)12-15/h7,9-12,18H,5-6,8H2,1-4H3. The zero-order valence-corrected chi connectivity index (χ0v) is 14.9. The van der Waals surface area contributed by atoms with E-state index in [2.05, 4.69) is 4.72 Å². The first-order chi connectivity index (χ1) is 10.8. The van der Waals surface area contributed by atoms with E-state index >= 15 is 0 Å². The van der Waals surface area contributed by atoms with E-state index in [-0.39, 0.29) is 0 Å². The van der Waals surface area contributed by atoms with Crippen molar-refractivity contribution in [3.63, 3.8) is 0 Å². The second kappa shape index (κ2) is 7.19. The van der Waals surface area contributed by atoms with Gasteiger partial charge in [-0.05, 0) is 62.1 Å². The van der Waals surface area contributed by atoms with E-state index in [0.29, 0.717) is 30.0 Å². The van der Waals surface area contributed by atoms with Crippen molar-refractivity contribution >= 4 is 10.0 Å². The topological polar surface area (TPSA) is 60.3 Å². The minimum absolute atomic E-state index is 0.312. The second-order valence-electron chi connectivity index (χ2n) is 5.65. The number of nitrogens with one attached hydrogen (secondary N) is 1. The number of ether oxygens (including phenoxy) is 1. The highest BCUT2D eigenvalue weighted by Gasteiger charge is 2.18. The van der Waals surface area contributed by atoms with Crippen LogP contribution in [0.3, 0.4) is 0 Å². The van der Waals surface area contributed by atoms with Gasteiger partial charge in [0.15, 0.2) is 0 Å². The molecular weight excluding hydrogens is 312 g/mol. The van der Waals surface area contributed by atoms with Gasteiger partial charge >= 0.3 is 0 Å². The molecule has 2 aromatic rings. The van der Waals surface area contributed by atoms with Crippen LogP contribution in [0.15, 0.2) is 35.5 Å². The van der Waals surface area contributed by atoms with Crippen LogP contribution in [0.2, 0.25) is 0 Å². The van der Waals surface area contributed by atoms with Gasteiger partial charge in [0, 0.05) is 26.0 Å². The van der Waals surface area contributed by atoms with Crippen LogP contribution >= 0.6 is 0 Å². The van der Waals surface area contributed by atoms with Gasteiger partial charge in [0.2, 0.25) is 10.0 Å². The summed E-state index contributed by atoms with van der Waals surface area (Å²) in [4.78, 5) is 0.312. The molecule has 0 atom stereocenters. The maximum Gasteiger partial charge on any atom is 0.240 e. The highest BCUT2D eigenvalue weighted by molar-refractivity contribution is 7.89. The van der Waals surface area contributed by atoms with Crippen molar-refractivity contribution in [1.29, 1.82) is 0 Å². The lowest BCUT2D eigenvalue weighted by molar-refractivity contribution is 0.337. The summed E-state index contributed by atoms with van der Waals surface area (Å²) in [6, 6.07) is 5.44. The maximum absolute atomic E-state index is 12.5. The van der Waals surface area contributed by atoms with Crippen molar-refractivity contribution in [3.8, 4) is 5.75 Å². The van der Waals surface area contributed by atoms with Crippen molar-refractivity contribution in [2.75, 3.05) is 13.2 Å². The highest BCUT2D eigenvalue weighted by Crippen LogP contribution is 2.25. The summed E-state index contributed by atoms with van der Waals surface area (Å²) in [5, 5.41) is 0. The van der Waals surface area contributed by atoms with E-state index in [4.69, 9.17) is 4.74 Å². The van der Waals surface area contributed by atoms with Gasteiger partial charge < -0.3 is 9.30 Å². The highest BCUT2D eigenvalue weighted by atomic mass is 32.2. The molecule has 0 aliphatic rings. The average Bonchev–Trinajstić information content (AvgIpc) is 2.88. The monoisotopic (exact) mass is 336 g/mol. The SMILES string of the molecule is CCOc1cc(C)c(S(=O)(=O)NCCc2ccn(C)c2)cc1C. The Kier molecular flexibility index (Phi) is 5.49. The van der Waals surface area contributed by atoms with Crippen molar-refractivity contribution in [2.45, 2.75) is 32.1 Å². The van der Waals surface area contributed by atoms with Crippen molar-refractivity contribution in [1.82, 2.24) is 9.29 Å². The van der Waals surface area contributed by atoms with Gasteiger partial charge in [-0.1, -0.05) is 0 Å². The molecule has 5 nitrogen and oxygen atoms in total. The number of hydrogen-bond acceptors (Lipinski definition) is 3. The molecule has 1 aromatic heterocycles. The number of aromatic nitrogens is 1. The molecule has 0 bridgehead atoms. The molecule has 0 unspecified atom stereocenters. The third-order valence-corrected chi connectivity index (χ3v) is 5.26. The number of aryl methyl sites for hydroxylation is 3. The largest absolute Gasteiger partial charge is 0.494 e. The molecule has 0 aliphatic carbocycles. The molecule has 0 aliphatic heterocycles. The Balaban J connectivity index is 2.11. The summed E-state index contributed by atoms with van der Waals surface area (Å²) in [6.07, 6.45) is 4.60. The molecule has 0 amide bonds. The van der Waals surface area contributed by atoms with Crippen LogP contribution in [0.1, 0.15) is 23.6 Å². The summed E-state index contributed by atoms with van der Waals surface area (Å²) in [6.45, 7) is 6.48. The van der Waals surface area contributed by atoms with E-state index in [9.17, 15) is 8.42 Å². The van der Waals surface area contributed by atoms with Crippen LogP contribution in [0.5, 0.6) is 5.75 Å². The molecule has 126 valence electrons. The fraction of sp³-hybridized carbons (Fsp3) is 0.412. The van der Waals surface area contributed by atoms with Gasteiger partial charge in [0.25, 0.3) is 0 Å². The Hall–Kier alpha value is -1.79. The van der Waals surface area contributed by atoms with E-state index in [1.54, 1.807) is 19.1 Å². The molecule has 23 heavy (non-hydrogen) atoms. The van der Waals surface area contributed by atoms with E-state index < -0.39 is 10.0 Å². The zero-order valence-electron chi connectivity index (χ0n) is 14.1. The normalized spacial score (nSPS) is 11.7. The number of nitrogens with zero attached hydrogens (tertiary/aromatic N) is 1. The van der Waals surface area contributed by atoms with Crippen LogP contribution < -0.4 is 9.46 Å². The van der Waals surface area contributed by atoms with Crippen LogP contribution in [-0.4, -0.2) is 26.1 Å². The molecular formula is C17H24N2O3S. The third kappa shape index (κ3) is 4.36. The van der Waals surface area contributed by atoms with E-state index in [1.165, 1.54) is 0 Å². The summed E-state index contributed by atoms with van der Waals surface area (Å²) >= 11 is 0. The van der Waals surface area contributed by atoms with Gasteiger partial charge in [-0.25, -0.2) is 13.1 Å². The minimum atomic E-state index is -3.52. The van der Waals surface area contributed by atoms with Gasteiger partial charge in [-0.2, -0.15) is 0 Å². The predicted octanol–water partition coefficient (Wildman–Crippen LogP) is 2.56. The number of sulfonamides is 1. The zero-order chi connectivity index (χ0) is 17.0. The Morgan fingerprint density at radius 1 is 1.22 bits per heavy atom. The summed E-state index contributed by atoms with van der Waals surface area (Å²) in [5.74, 6) is 0.730. The Labute approximate surface area is 138 Å². The van der Waals surface area contributed by atoms with Crippen molar-refractivity contribution in [2.24, 2.45) is 7.05 Å². The molecule has 0 spiro atoms. The van der Waals surface area contributed by atoms with Crippen molar-refractivity contribution in [3.05, 3.63) is 47.3 Å². The molecule has 1 aromatic carbocycles. The van der Waals surface area contributed by atoms with Gasteiger partial charge in [-0.15, -0.1) is 0 Å². The van der Waals surface area contributed by atoms with E-state index in [0.717, 1.165) is 16.9 Å².